The number of amides is 2. The minimum absolute atomic E-state index is 0.0270. The van der Waals surface area contributed by atoms with E-state index in [9.17, 15) is 26.4 Å². The lowest BCUT2D eigenvalue weighted by atomic mass is 10.0. The Labute approximate surface area is 206 Å². The Hall–Kier alpha value is -2.92. The number of para-hydroxylation sites is 1. The molecule has 1 aliphatic carbocycles. The maximum Gasteiger partial charge on any atom is 0.340 e. The van der Waals surface area contributed by atoms with Gasteiger partial charge >= 0.3 is 12.0 Å². The SMILES string of the molecule is Cc1ccc(S(=O)(=O)CCCOC(=O)c2ccccc2NC(=O)NS(=O)(=O)C2CCCCC2)cc1. The lowest BCUT2D eigenvalue weighted by Gasteiger charge is -2.22. The third-order valence-electron chi connectivity index (χ3n) is 5.79. The molecule has 0 aromatic heterocycles. The van der Waals surface area contributed by atoms with Crippen LogP contribution in [0.5, 0.6) is 0 Å². The van der Waals surface area contributed by atoms with E-state index in [4.69, 9.17) is 4.74 Å². The van der Waals surface area contributed by atoms with Crippen molar-refractivity contribution in [2.75, 3.05) is 17.7 Å². The molecule has 0 aliphatic heterocycles. The number of esters is 1. The molecule has 2 N–H and O–H groups in total. The number of ether oxygens (including phenoxy) is 1. The monoisotopic (exact) mass is 522 g/mol. The van der Waals surface area contributed by atoms with E-state index in [1.165, 1.54) is 24.3 Å². The topological polar surface area (TPSA) is 136 Å². The van der Waals surface area contributed by atoms with Crippen molar-refractivity contribution in [1.29, 1.82) is 0 Å². The summed E-state index contributed by atoms with van der Waals surface area (Å²) in [6.45, 7) is 1.72. The van der Waals surface area contributed by atoms with Crippen LogP contribution < -0.4 is 10.0 Å². The number of anilines is 1. The van der Waals surface area contributed by atoms with Crippen LogP contribution in [0.3, 0.4) is 0 Å². The molecule has 1 saturated carbocycles. The van der Waals surface area contributed by atoms with Gasteiger partial charge in [-0.15, -0.1) is 0 Å². The molecular formula is C24H30N2O7S2. The molecule has 0 atom stereocenters. The third-order valence-corrected chi connectivity index (χ3v) is 9.43. The number of hydrogen-bond donors (Lipinski definition) is 2. The highest BCUT2D eigenvalue weighted by atomic mass is 32.2. The van der Waals surface area contributed by atoms with Crippen LogP contribution >= 0.6 is 0 Å². The van der Waals surface area contributed by atoms with E-state index in [0.29, 0.717) is 12.8 Å². The number of rotatable bonds is 9. The molecule has 0 spiro atoms. The zero-order chi connectivity index (χ0) is 25.5. The minimum atomic E-state index is -3.83. The first-order valence-corrected chi connectivity index (χ1v) is 14.7. The molecule has 0 bridgehead atoms. The van der Waals surface area contributed by atoms with E-state index in [-0.39, 0.29) is 34.9 Å². The summed E-state index contributed by atoms with van der Waals surface area (Å²) in [6, 6.07) is 11.6. The van der Waals surface area contributed by atoms with Gasteiger partial charge < -0.3 is 10.1 Å². The van der Waals surface area contributed by atoms with E-state index in [1.54, 1.807) is 24.3 Å². The van der Waals surface area contributed by atoms with Crippen molar-refractivity contribution in [3.63, 3.8) is 0 Å². The second kappa shape index (κ2) is 11.7. The highest BCUT2D eigenvalue weighted by molar-refractivity contribution is 7.91. The molecule has 0 unspecified atom stereocenters. The number of hydrogen-bond acceptors (Lipinski definition) is 7. The van der Waals surface area contributed by atoms with Crippen molar-refractivity contribution in [2.45, 2.75) is 55.6 Å². The molecule has 0 saturated heterocycles. The van der Waals surface area contributed by atoms with Gasteiger partial charge in [-0.1, -0.05) is 49.1 Å². The standard InChI is InChI=1S/C24H30N2O7S2/c1-18-12-14-19(15-13-18)34(29,30)17-7-16-33-23(27)21-10-5-6-11-22(21)25-24(28)26-35(31,32)20-8-3-2-4-9-20/h5-6,10-15,20H,2-4,7-9,16-17H2,1H3,(H2,25,26,28). The van der Waals surface area contributed by atoms with Crippen LogP contribution in [-0.2, 0) is 24.6 Å². The summed E-state index contributed by atoms with van der Waals surface area (Å²) in [5.74, 6) is -0.950. The molecule has 3 rings (SSSR count). The van der Waals surface area contributed by atoms with Crippen molar-refractivity contribution < 1.29 is 31.2 Å². The second-order valence-corrected chi connectivity index (χ2v) is 12.6. The minimum Gasteiger partial charge on any atom is -0.462 e. The second-order valence-electron chi connectivity index (χ2n) is 8.53. The lowest BCUT2D eigenvalue weighted by Crippen LogP contribution is -2.41. The van der Waals surface area contributed by atoms with Crippen molar-refractivity contribution in [2.24, 2.45) is 0 Å². The first-order chi connectivity index (χ1) is 16.6. The highest BCUT2D eigenvalue weighted by Crippen LogP contribution is 2.23. The Morgan fingerprint density at radius 2 is 1.60 bits per heavy atom. The number of urea groups is 1. The number of nitrogens with one attached hydrogen (secondary N) is 2. The van der Waals surface area contributed by atoms with Crippen molar-refractivity contribution in [1.82, 2.24) is 4.72 Å². The maximum absolute atomic E-state index is 12.5. The number of sulfone groups is 1. The molecular weight excluding hydrogens is 492 g/mol. The summed E-state index contributed by atoms with van der Waals surface area (Å²) in [7, 11) is -7.33. The van der Waals surface area contributed by atoms with Crippen molar-refractivity contribution in [3.05, 3.63) is 59.7 Å². The van der Waals surface area contributed by atoms with Gasteiger partial charge in [0.05, 0.1) is 33.8 Å². The predicted molar refractivity (Wildman–Crippen MR) is 133 cm³/mol. The summed E-state index contributed by atoms with van der Waals surface area (Å²) >= 11 is 0. The average Bonchev–Trinajstić information content (AvgIpc) is 2.82. The summed E-state index contributed by atoms with van der Waals surface area (Å²) in [4.78, 5) is 25.1. The summed E-state index contributed by atoms with van der Waals surface area (Å²) < 4.78 is 57.0. The number of aryl methyl sites for hydroxylation is 1. The van der Waals surface area contributed by atoms with Crippen molar-refractivity contribution >= 4 is 37.5 Å². The number of benzene rings is 2. The van der Waals surface area contributed by atoms with E-state index in [1.807, 2.05) is 11.6 Å². The van der Waals surface area contributed by atoms with E-state index < -0.39 is 37.1 Å². The molecule has 0 radical (unpaired) electrons. The van der Waals surface area contributed by atoms with Gasteiger partial charge in [-0.05, 0) is 50.5 Å². The van der Waals surface area contributed by atoms with Gasteiger partial charge in [0, 0.05) is 0 Å². The van der Waals surface area contributed by atoms with Gasteiger partial charge in [-0.25, -0.2) is 31.1 Å². The molecule has 0 heterocycles. The molecule has 1 aliphatic rings. The molecule has 190 valence electrons. The molecule has 2 amide bonds. The number of sulfonamides is 1. The highest BCUT2D eigenvalue weighted by Gasteiger charge is 2.29. The molecule has 9 nitrogen and oxygen atoms in total. The zero-order valence-electron chi connectivity index (χ0n) is 19.5. The van der Waals surface area contributed by atoms with Crippen LogP contribution in [-0.4, -0.2) is 46.4 Å². The normalized spacial score (nSPS) is 14.8. The van der Waals surface area contributed by atoms with Gasteiger partial charge in [-0.2, -0.15) is 0 Å². The Morgan fingerprint density at radius 1 is 0.943 bits per heavy atom. The van der Waals surface area contributed by atoms with E-state index >= 15 is 0 Å². The largest absolute Gasteiger partial charge is 0.462 e. The molecule has 2 aromatic rings. The third kappa shape index (κ3) is 7.53. The Balaban J connectivity index is 1.54. The van der Waals surface area contributed by atoms with Crippen LogP contribution in [0.1, 0.15) is 54.4 Å². The Morgan fingerprint density at radius 3 is 2.29 bits per heavy atom. The van der Waals surface area contributed by atoms with Crippen LogP contribution in [0.2, 0.25) is 0 Å². The lowest BCUT2D eigenvalue weighted by molar-refractivity contribution is 0.0507. The smallest absolute Gasteiger partial charge is 0.340 e. The van der Waals surface area contributed by atoms with Gasteiger partial charge in [0.15, 0.2) is 9.84 Å². The fraction of sp³-hybridized carbons (Fsp3) is 0.417. The quantitative estimate of drug-likeness (QED) is 0.378. The van der Waals surface area contributed by atoms with Crippen LogP contribution in [0.25, 0.3) is 0 Å². The van der Waals surface area contributed by atoms with Gasteiger partial charge in [-0.3, -0.25) is 0 Å². The molecule has 35 heavy (non-hydrogen) atoms. The predicted octanol–water partition coefficient (Wildman–Crippen LogP) is 3.80. The van der Waals surface area contributed by atoms with Gasteiger partial charge in [0.25, 0.3) is 0 Å². The first kappa shape index (κ1) is 26.7. The summed E-state index contributed by atoms with van der Waals surface area (Å²) in [6.07, 6.45) is 3.68. The Kier molecular flexibility index (Phi) is 8.90. The van der Waals surface area contributed by atoms with Gasteiger partial charge in [0.2, 0.25) is 10.0 Å². The zero-order valence-corrected chi connectivity index (χ0v) is 21.2. The van der Waals surface area contributed by atoms with Crippen LogP contribution in [0.4, 0.5) is 10.5 Å². The number of carbonyl (C=O) groups excluding carboxylic acids is 2. The van der Waals surface area contributed by atoms with E-state index in [2.05, 4.69) is 5.32 Å². The van der Waals surface area contributed by atoms with Gasteiger partial charge in [0.1, 0.15) is 0 Å². The molecule has 11 heteroatoms. The van der Waals surface area contributed by atoms with Crippen LogP contribution in [0.15, 0.2) is 53.4 Å². The van der Waals surface area contributed by atoms with E-state index in [0.717, 1.165) is 24.8 Å². The average molecular weight is 523 g/mol. The molecule has 1 fully saturated rings. The summed E-state index contributed by atoms with van der Waals surface area (Å²) in [5.41, 5.74) is 1.06. The fourth-order valence-electron chi connectivity index (χ4n) is 3.86. The fourth-order valence-corrected chi connectivity index (χ4v) is 6.58. The maximum atomic E-state index is 12.5. The van der Waals surface area contributed by atoms with Crippen LogP contribution in [0, 0.1) is 6.92 Å². The van der Waals surface area contributed by atoms with Crippen molar-refractivity contribution in [3.8, 4) is 0 Å². The molecule has 2 aromatic carbocycles. The Bertz CT molecular complexity index is 1250. The first-order valence-electron chi connectivity index (χ1n) is 11.5. The summed E-state index contributed by atoms with van der Waals surface area (Å²) in [5, 5.41) is 1.79. The number of carbonyl (C=O) groups is 2.